The minimum atomic E-state index is -4.15. The van der Waals surface area contributed by atoms with Gasteiger partial charge < -0.3 is 15.0 Å². The van der Waals surface area contributed by atoms with Crippen molar-refractivity contribution < 1.29 is 22.7 Å². The van der Waals surface area contributed by atoms with Crippen LogP contribution in [0.15, 0.2) is 83.8 Å². The van der Waals surface area contributed by atoms with Crippen molar-refractivity contribution in [3.05, 3.63) is 89.4 Å². The third kappa shape index (κ3) is 7.76. The Morgan fingerprint density at radius 1 is 0.950 bits per heavy atom. The SMILES string of the molecule is CCC(C)NC(=O)C(CC)N(Cc1ccc(Cl)cc1)C(=O)CN(c1cccc(OC)c1)S(=O)(=O)c1ccccc1. The average Bonchev–Trinajstić information content (AvgIpc) is 2.96. The molecule has 0 spiro atoms. The van der Waals surface area contributed by atoms with Crippen molar-refractivity contribution in [3.63, 3.8) is 0 Å². The lowest BCUT2D eigenvalue weighted by Gasteiger charge is -2.33. The Labute approximate surface area is 241 Å². The highest BCUT2D eigenvalue weighted by atomic mass is 35.5. The van der Waals surface area contributed by atoms with Crippen LogP contribution in [0.1, 0.15) is 39.2 Å². The van der Waals surface area contributed by atoms with Crippen molar-refractivity contribution >= 4 is 39.1 Å². The third-order valence-corrected chi connectivity index (χ3v) is 8.64. The molecule has 0 bridgehead atoms. The maximum Gasteiger partial charge on any atom is 0.264 e. The van der Waals surface area contributed by atoms with Gasteiger partial charge in [0.15, 0.2) is 0 Å². The summed E-state index contributed by atoms with van der Waals surface area (Å²) in [5.74, 6) is -0.378. The molecule has 214 valence electrons. The molecule has 0 heterocycles. The number of hydrogen-bond donors (Lipinski definition) is 1. The number of carbonyl (C=O) groups excluding carboxylic acids is 2. The van der Waals surface area contributed by atoms with Crippen LogP contribution in [0, 0.1) is 0 Å². The molecule has 0 aliphatic rings. The minimum Gasteiger partial charge on any atom is -0.497 e. The second-order valence-corrected chi connectivity index (χ2v) is 11.7. The van der Waals surface area contributed by atoms with Crippen LogP contribution in [-0.4, -0.2) is 50.9 Å². The molecule has 3 aromatic rings. The number of methoxy groups -OCH3 is 1. The van der Waals surface area contributed by atoms with Crippen molar-refractivity contribution in [2.45, 2.75) is 57.1 Å². The van der Waals surface area contributed by atoms with E-state index in [9.17, 15) is 18.0 Å². The van der Waals surface area contributed by atoms with Crippen molar-refractivity contribution in [2.75, 3.05) is 18.0 Å². The van der Waals surface area contributed by atoms with Gasteiger partial charge in [-0.15, -0.1) is 0 Å². The lowest BCUT2D eigenvalue weighted by molar-refractivity contribution is -0.140. The maximum absolute atomic E-state index is 14.1. The van der Waals surface area contributed by atoms with Crippen molar-refractivity contribution in [1.29, 1.82) is 0 Å². The van der Waals surface area contributed by atoms with Crippen molar-refractivity contribution in [1.82, 2.24) is 10.2 Å². The van der Waals surface area contributed by atoms with Crippen LogP contribution in [0.25, 0.3) is 0 Å². The summed E-state index contributed by atoms with van der Waals surface area (Å²) < 4.78 is 34.1. The van der Waals surface area contributed by atoms with Gasteiger partial charge in [-0.1, -0.05) is 61.8 Å². The van der Waals surface area contributed by atoms with E-state index in [2.05, 4.69) is 5.32 Å². The third-order valence-electron chi connectivity index (χ3n) is 6.60. The largest absolute Gasteiger partial charge is 0.497 e. The Kier molecular flexibility index (Phi) is 11.0. The van der Waals surface area contributed by atoms with Crippen molar-refractivity contribution in [3.8, 4) is 5.75 Å². The lowest BCUT2D eigenvalue weighted by Crippen LogP contribution is -2.53. The van der Waals surface area contributed by atoms with E-state index >= 15 is 0 Å². The number of amides is 2. The van der Waals surface area contributed by atoms with Gasteiger partial charge in [0.25, 0.3) is 10.0 Å². The van der Waals surface area contributed by atoms with E-state index in [0.717, 1.165) is 16.3 Å². The van der Waals surface area contributed by atoms with E-state index in [1.165, 1.54) is 24.1 Å². The molecule has 2 amide bonds. The summed E-state index contributed by atoms with van der Waals surface area (Å²) in [6, 6.07) is 20.5. The summed E-state index contributed by atoms with van der Waals surface area (Å²) in [4.78, 5) is 28.9. The molecule has 0 aliphatic heterocycles. The summed E-state index contributed by atoms with van der Waals surface area (Å²) in [5.41, 5.74) is 1.02. The second kappa shape index (κ2) is 14.2. The van der Waals surface area contributed by atoms with Crippen LogP contribution < -0.4 is 14.4 Å². The van der Waals surface area contributed by atoms with Crippen LogP contribution in [-0.2, 0) is 26.2 Å². The fourth-order valence-electron chi connectivity index (χ4n) is 4.16. The molecule has 3 rings (SSSR count). The highest BCUT2D eigenvalue weighted by Crippen LogP contribution is 2.28. The van der Waals surface area contributed by atoms with Gasteiger partial charge in [-0.05, 0) is 61.7 Å². The monoisotopic (exact) mass is 585 g/mol. The van der Waals surface area contributed by atoms with Crippen molar-refractivity contribution in [2.24, 2.45) is 0 Å². The normalized spacial score (nSPS) is 12.7. The van der Waals surface area contributed by atoms with E-state index in [1.807, 2.05) is 20.8 Å². The zero-order chi connectivity index (χ0) is 29.3. The van der Waals surface area contributed by atoms with Gasteiger partial charge in [-0.3, -0.25) is 13.9 Å². The number of halogens is 1. The van der Waals surface area contributed by atoms with E-state index < -0.39 is 28.5 Å². The molecule has 40 heavy (non-hydrogen) atoms. The number of hydrogen-bond acceptors (Lipinski definition) is 5. The first kappa shape index (κ1) is 31.0. The number of rotatable bonds is 13. The summed E-state index contributed by atoms with van der Waals surface area (Å²) in [7, 11) is -2.67. The molecule has 0 saturated carbocycles. The van der Waals surface area contributed by atoms with Gasteiger partial charge in [-0.2, -0.15) is 0 Å². The first-order valence-corrected chi connectivity index (χ1v) is 15.0. The number of nitrogens with one attached hydrogen (secondary N) is 1. The number of anilines is 1. The van der Waals surface area contributed by atoms with E-state index in [0.29, 0.717) is 17.2 Å². The molecule has 0 fully saturated rings. The van der Waals surface area contributed by atoms with E-state index in [-0.39, 0.29) is 29.1 Å². The Balaban J connectivity index is 2.06. The lowest BCUT2D eigenvalue weighted by atomic mass is 10.1. The fraction of sp³-hybridized carbons (Fsp3) is 0.333. The number of benzene rings is 3. The molecule has 0 aliphatic carbocycles. The first-order valence-electron chi connectivity index (χ1n) is 13.2. The second-order valence-electron chi connectivity index (χ2n) is 9.42. The zero-order valence-corrected chi connectivity index (χ0v) is 24.8. The molecule has 0 saturated heterocycles. The van der Waals surface area contributed by atoms with Crippen LogP contribution in [0.2, 0.25) is 5.02 Å². The molecule has 2 unspecified atom stereocenters. The van der Waals surface area contributed by atoms with Crippen LogP contribution in [0.5, 0.6) is 5.75 Å². The average molecular weight is 586 g/mol. The Morgan fingerprint density at radius 3 is 2.23 bits per heavy atom. The summed E-state index contributed by atoms with van der Waals surface area (Å²) in [5, 5.41) is 3.51. The quantitative estimate of drug-likeness (QED) is 0.295. The highest BCUT2D eigenvalue weighted by Gasteiger charge is 2.34. The van der Waals surface area contributed by atoms with Crippen LogP contribution >= 0.6 is 11.6 Å². The fourth-order valence-corrected chi connectivity index (χ4v) is 5.71. The molecular weight excluding hydrogens is 550 g/mol. The Morgan fingerprint density at radius 2 is 1.62 bits per heavy atom. The van der Waals surface area contributed by atoms with Gasteiger partial charge in [0.1, 0.15) is 18.3 Å². The van der Waals surface area contributed by atoms with Gasteiger partial charge in [0.2, 0.25) is 11.8 Å². The van der Waals surface area contributed by atoms with Gasteiger partial charge in [0, 0.05) is 23.7 Å². The minimum absolute atomic E-state index is 0.0384. The maximum atomic E-state index is 14.1. The number of ether oxygens (including phenoxy) is 1. The van der Waals surface area contributed by atoms with Gasteiger partial charge in [0.05, 0.1) is 17.7 Å². The molecule has 0 radical (unpaired) electrons. The highest BCUT2D eigenvalue weighted by molar-refractivity contribution is 7.92. The van der Waals surface area contributed by atoms with Crippen LogP contribution in [0.3, 0.4) is 0 Å². The molecule has 3 aromatic carbocycles. The summed E-state index contributed by atoms with van der Waals surface area (Å²) in [6.45, 7) is 5.25. The Hall–Kier alpha value is -3.56. The molecule has 10 heteroatoms. The van der Waals surface area contributed by atoms with Gasteiger partial charge >= 0.3 is 0 Å². The van der Waals surface area contributed by atoms with E-state index in [4.69, 9.17) is 16.3 Å². The molecule has 8 nitrogen and oxygen atoms in total. The van der Waals surface area contributed by atoms with Crippen LogP contribution in [0.4, 0.5) is 5.69 Å². The molecular formula is C30H36ClN3O5S. The number of sulfonamides is 1. The first-order chi connectivity index (χ1) is 19.1. The molecule has 0 aromatic heterocycles. The smallest absolute Gasteiger partial charge is 0.264 e. The number of carbonyl (C=O) groups is 2. The molecule has 2 atom stereocenters. The van der Waals surface area contributed by atoms with E-state index in [1.54, 1.807) is 66.7 Å². The summed E-state index contributed by atoms with van der Waals surface area (Å²) >= 11 is 6.07. The standard InChI is InChI=1S/C30H36ClN3O5S/c1-5-22(3)32-30(36)28(6-2)33(20-23-15-17-24(31)18-16-23)29(35)21-34(25-11-10-12-26(19-25)39-4)40(37,38)27-13-8-7-9-14-27/h7-19,22,28H,5-6,20-21H2,1-4H3,(H,32,36). The predicted molar refractivity (Wildman–Crippen MR) is 158 cm³/mol. The summed E-state index contributed by atoms with van der Waals surface area (Å²) in [6.07, 6.45) is 1.07. The predicted octanol–water partition coefficient (Wildman–Crippen LogP) is 5.27. The zero-order valence-electron chi connectivity index (χ0n) is 23.2. The Bertz CT molecular complexity index is 1380. The topological polar surface area (TPSA) is 96.0 Å². The van der Waals surface area contributed by atoms with Gasteiger partial charge in [-0.25, -0.2) is 8.42 Å². The number of nitrogens with zero attached hydrogens (tertiary/aromatic N) is 2. The molecule has 1 N–H and O–H groups in total.